The minimum atomic E-state index is -3.76. The number of benzene rings is 2. The number of anilines is 1. The van der Waals surface area contributed by atoms with E-state index < -0.39 is 28.5 Å². The summed E-state index contributed by atoms with van der Waals surface area (Å²) in [6.45, 7) is 5.26. The molecule has 0 unspecified atom stereocenters. The number of carbonyl (C=O) groups excluding carboxylic acids is 2. The number of methoxy groups -OCH3 is 1. The zero-order chi connectivity index (χ0) is 27.2. The Morgan fingerprint density at radius 3 is 2.38 bits per heavy atom. The van der Waals surface area contributed by atoms with Crippen molar-refractivity contribution in [2.24, 2.45) is 0 Å². The third-order valence-electron chi connectivity index (χ3n) is 7.06. The Labute approximate surface area is 221 Å². The fourth-order valence-corrected chi connectivity index (χ4v) is 5.45. The van der Waals surface area contributed by atoms with E-state index in [1.165, 1.54) is 11.3 Å². The van der Waals surface area contributed by atoms with Crippen LogP contribution in [0.1, 0.15) is 55.7 Å². The molecule has 0 bridgehead atoms. The van der Waals surface area contributed by atoms with Crippen LogP contribution in [0.4, 0.5) is 5.69 Å². The lowest BCUT2D eigenvalue weighted by Gasteiger charge is -2.33. The normalized spacial score (nSPS) is 15.1. The molecule has 2 amide bonds. The van der Waals surface area contributed by atoms with E-state index in [-0.39, 0.29) is 18.5 Å². The number of nitrogens with one attached hydrogen (secondary N) is 1. The SMILES string of the molecule is COc1cccc(CN(C(=O)CN(c2ccc(C)c(C)c2)S(C)(=O)=O)[C@@H](C)C(=O)NC2CCCCC2)c1. The molecule has 0 heterocycles. The molecular weight excluding hydrogens is 490 g/mol. The maximum absolute atomic E-state index is 13.7. The van der Waals surface area contributed by atoms with Gasteiger partial charge in [0.05, 0.1) is 19.1 Å². The van der Waals surface area contributed by atoms with Gasteiger partial charge < -0.3 is 15.0 Å². The van der Waals surface area contributed by atoms with Crippen molar-refractivity contribution in [1.82, 2.24) is 10.2 Å². The lowest BCUT2D eigenvalue weighted by Crippen LogP contribution is -2.53. The summed E-state index contributed by atoms with van der Waals surface area (Å²) in [5.74, 6) is -0.0601. The molecule has 0 saturated heterocycles. The molecule has 9 heteroatoms. The Balaban J connectivity index is 1.89. The van der Waals surface area contributed by atoms with E-state index in [0.29, 0.717) is 11.4 Å². The molecular formula is C28H39N3O5S. The zero-order valence-electron chi connectivity index (χ0n) is 22.5. The average molecular weight is 530 g/mol. The molecule has 3 rings (SSSR count). The van der Waals surface area contributed by atoms with Crippen molar-refractivity contribution in [2.75, 3.05) is 24.2 Å². The summed E-state index contributed by atoms with van der Waals surface area (Å²) < 4.78 is 31.9. The van der Waals surface area contributed by atoms with Gasteiger partial charge in [0, 0.05) is 12.6 Å². The second-order valence-electron chi connectivity index (χ2n) is 9.93. The molecule has 1 N–H and O–H groups in total. The summed E-state index contributed by atoms with van der Waals surface area (Å²) >= 11 is 0. The highest BCUT2D eigenvalue weighted by molar-refractivity contribution is 7.92. The molecule has 0 aromatic heterocycles. The fraction of sp³-hybridized carbons (Fsp3) is 0.500. The summed E-state index contributed by atoms with van der Waals surface area (Å²) in [5, 5.41) is 3.10. The van der Waals surface area contributed by atoms with Gasteiger partial charge in [-0.25, -0.2) is 8.42 Å². The largest absolute Gasteiger partial charge is 0.497 e. The number of nitrogens with zero attached hydrogens (tertiary/aromatic N) is 2. The Morgan fingerprint density at radius 1 is 1.05 bits per heavy atom. The number of hydrogen-bond donors (Lipinski definition) is 1. The van der Waals surface area contributed by atoms with Crippen LogP contribution in [0, 0.1) is 13.8 Å². The van der Waals surface area contributed by atoms with E-state index in [0.717, 1.165) is 52.9 Å². The van der Waals surface area contributed by atoms with Crippen molar-refractivity contribution in [3.05, 3.63) is 59.2 Å². The standard InChI is InChI=1S/C28H39N3O5S/c1-20-14-15-25(16-21(20)2)31(37(5,34)35)19-27(32)30(18-23-10-9-13-26(17-23)36-4)22(3)28(33)29-24-11-7-6-8-12-24/h9-10,13-17,22,24H,6-8,11-12,18-19H2,1-5H3,(H,29,33)/t22-/m0/s1. The van der Waals surface area contributed by atoms with Gasteiger partial charge in [0.1, 0.15) is 18.3 Å². The first-order chi connectivity index (χ1) is 17.5. The van der Waals surface area contributed by atoms with Crippen LogP contribution >= 0.6 is 0 Å². The summed E-state index contributed by atoms with van der Waals surface area (Å²) in [7, 11) is -2.20. The van der Waals surface area contributed by atoms with Crippen LogP contribution in [0.25, 0.3) is 0 Å². The lowest BCUT2D eigenvalue weighted by atomic mass is 9.95. The van der Waals surface area contributed by atoms with Crippen molar-refractivity contribution in [1.29, 1.82) is 0 Å². The smallest absolute Gasteiger partial charge is 0.244 e. The van der Waals surface area contributed by atoms with E-state index in [1.54, 1.807) is 32.2 Å². The lowest BCUT2D eigenvalue weighted by molar-refractivity contribution is -0.139. The zero-order valence-corrected chi connectivity index (χ0v) is 23.3. The van der Waals surface area contributed by atoms with Gasteiger partial charge in [-0.15, -0.1) is 0 Å². The van der Waals surface area contributed by atoms with Gasteiger partial charge in [-0.1, -0.05) is 37.5 Å². The number of hydrogen-bond acceptors (Lipinski definition) is 5. The maximum Gasteiger partial charge on any atom is 0.244 e. The summed E-state index contributed by atoms with van der Waals surface area (Å²) in [6.07, 6.45) is 6.26. The quantitative estimate of drug-likeness (QED) is 0.503. The Morgan fingerprint density at radius 2 is 1.76 bits per heavy atom. The molecule has 37 heavy (non-hydrogen) atoms. The first kappa shape index (κ1) is 28.5. The number of rotatable bonds is 10. The minimum Gasteiger partial charge on any atom is -0.497 e. The molecule has 1 atom stereocenters. The summed E-state index contributed by atoms with van der Waals surface area (Å²) in [6, 6.07) is 11.9. The number of carbonyl (C=O) groups is 2. The van der Waals surface area contributed by atoms with Crippen molar-refractivity contribution >= 4 is 27.5 Å². The Hall–Kier alpha value is -3.07. The monoisotopic (exact) mass is 529 g/mol. The highest BCUT2D eigenvalue weighted by Gasteiger charge is 2.31. The third kappa shape index (κ3) is 7.71. The average Bonchev–Trinajstić information content (AvgIpc) is 2.87. The van der Waals surface area contributed by atoms with Gasteiger partial charge in [-0.2, -0.15) is 0 Å². The number of sulfonamides is 1. The van der Waals surface area contributed by atoms with Crippen molar-refractivity contribution in [3.8, 4) is 5.75 Å². The van der Waals surface area contributed by atoms with Crippen molar-refractivity contribution in [3.63, 3.8) is 0 Å². The minimum absolute atomic E-state index is 0.0977. The van der Waals surface area contributed by atoms with Gasteiger partial charge >= 0.3 is 0 Å². The van der Waals surface area contributed by atoms with Gasteiger partial charge in [0.25, 0.3) is 0 Å². The molecule has 0 aliphatic heterocycles. The van der Waals surface area contributed by atoms with Crippen LogP contribution < -0.4 is 14.4 Å². The van der Waals surface area contributed by atoms with E-state index >= 15 is 0 Å². The highest BCUT2D eigenvalue weighted by atomic mass is 32.2. The van der Waals surface area contributed by atoms with Crippen LogP contribution in [0.15, 0.2) is 42.5 Å². The van der Waals surface area contributed by atoms with E-state index in [2.05, 4.69) is 5.32 Å². The predicted octanol–water partition coefficient (Wildman–Crippen LogP) is 3.94. The molecule has 1 aliphatic carbocycles. The second-order valence-corrected chi connectivity index (χ2v) is 11.8. The third-order valence-corrected chi connectivity index (χ3v) is 8.20. The maximum atomic E-state index is 13.7. The van der Waals surface area contributed by atoms with Crippen molar-refractivity contribution in [2.45, 2.75) is 71.5 Å². The first-order valence-corrected chi connectivity index (χ1v) is 14.6. The number of aryl methyl sites for hydroxylation is 2. The molecule has 8 nitrogen and oxygen atoms in total. The molecule has 0 spiro atoms. The predicted molar refractivity (Wildman–Crippen MR) is 146 cm³/mol. The summed E-state index contributed by atoms with van der Waals surface area (Å²) in [5.41, 5.74) is 3.14. The molecule has 1 aliphatic rings. The van der Waals surface area contributed by atoms with E-state index in [9.17, 15) is 18.0 Å². The highest BCUT2D eigenvalue weighted by Crippen LogP contribution is 2.23. The molecule has 1 saturated carbocycles. The second kappa shape index (κ2) is 12.4. The molecule has 202 valence electrons. The Bertz CT molecular complexity index is 1210. The summed E-state index contributed by atoms with van der Waals surface area (Å²) in [4.78, 5) is 28.4. The van der Waals surface area contributed by atoms with Crippen LogP contribution in [0.5, 0.6) is 5.75 Å². The molecule has 1 fully saturated rings. The van der Waals surface area contributed by atoms with Crippen molar-refractivity contribution < 1.29 is 22.7 Å². The Kier molecular flexibility index (Phi) is 9.59. The van der Waals surface area contributed by atoms with Gasteiger partial charge in [0.15, 0.2) is 0 Å². The topological polar surface area (TPSA) is 96.0 Å². The molecule has 2 aromatic rings. The fourth-order valence-electron chi connectivity index (χ4n) is 4.61. The molecule has 2 aromatic carbocycles. The van der Waals surface area contributed by atoms with Crippen LogP contribution in [-0.4, -0.2) is 57.1 Å². The molecule has 0 radical (unpaired) electrons. The number of ether oxygens (including phenoxy) is 1. The van der Waals surface area contributed by atoms with E-state index in [4.69, 9.17) is 4.74 Å². The first-order valence-electron chi connectivity index (χ1n) is 12.8. The van der Waals surface area contributed by atoms with Crippen LogP contribution in [0.2, 0.25) is 0 Å². The van der Waals surface area contributed by atoms with E-state index in [1.807, 2.05) is 38.1 Å². The van der Waals surface area contributed by atoms with Gasteiger partial charge in [-0.3, -0.25) is 13.9 Å². The number of amides is 2. The van der Waals surface area contributed by atoms with Gasteiger partial charge in [-0.05, 0) is 74.6 Å². The van der Waals surface area contributed by atoms with Crippen LogP contribution in [0.3, 0.4) is 0 Å². The van der Waals surface area contributed by atoms with Gasteiger partial charge in [0.2, 0.25) is 21.8 Å². The van der Waals surface area contributed by atoms with Crippen LogP contribution in [-0.2, 0) is 26.2 Å².